The number of aryl methyl sites for hydroxylation is 2. The largest absolute Gasteiger partial charge is 0.497 e. The first-order valence-electron chi connectivity index (χ1n) is 18.4. The molecule has 7 aromatic rings. The second-order valence-electron chi connectivity index (χ2n) is 13.5. The summed E-state index contributed by atoms with van der Waals surface area (Å²) in [7, 11) is 1.66. The van der Waals surface area contributed by atoms with E-state index in [0.717, 1.165) is 59.7 Å². The molecule has 58 heavy (non-hydrogen) atoms. The minimum Gasteiger partial charge on any atom is -0.497 e. The molecule has 2 heterocycles. The number of benzene rings is 5. The van der Waals surface area contributed by atoms with E-state index in [1.54, 1.807) is 19.2 Å². The van der Waals surface area contributed by atoms with E-state index >= 15 is 0 Å². The highest BCUT2D eigenvalue weighted by Crippen LogP contribution is 2.39. The van der Waals surface area contributed by atoms with E-state index in [9.17, 15) is 15.2 Å². The molecular formula is C50H37N3O3S2. The number of carboxylic acid groups (broad SMARTS) is 1. The average Bonchev–Trinajstić information content (AvgIpc) is 3.93. The Morgan fingerprint density at radius 3 is 1.86 bits per heavy atom. The van der Waals surface area contributed by atoms with Gasteiger partial charge in [-0.1, -0.05) is 78.4 Å². The highest BCUT2D eigenvalue weighted by Gasteiger charge is 2.15. The number of aliphatic carboxylic acids is 1. The molecule has 6 nitrogen and oxygen atoms in total. The van der Waals surface area contributed by atoms with E-state index in [1.807, 2.05) is 66.7 Å². The molecule has 0 saturated carbocycles. The van der Waals surface area contributed by atoms with Crippen LogP contribution in [0.1, 0.15) is 43.1 Å². The Balaban J connectivity index is 1.18. The molecule has 0 unspecified atom stereocenters. The molecule has 7 rings (SSSR count). The Kier molecular flexibility index (Phi) is 11.9. The predicted molar refractivity (Wildman–Crippen MR) is 239 cm³/mol. The van der Waals surface area contributed by atoms with Gasteiger partial charge in [-0.25, -0.2) is 4.79 Å². The number of hydrogen-bond donors (Lipinski definition) is 1. The fraction of sp³-hybridized carbons (Fsp3) is 0.0600. The van der Waals surface area contributed by atoms with Gasteiger partial charge in [0.1, 0.15) is 23.5 Å². The number of methoxy groups -OCH3 is 1. The molecule has 0 radical (unpaired) electrons. The first-order valence-corrected chi connectivity index (χ1v) is 20.0. The van der Waals surface area contributed by atoms with Crippen molar-refractivity contribution in [3.8, 4) is 27.6 Å². The van der Waals surface area contributed by atoms with Crippen LogP contribution in [-0.2, 0) is 4.79 Å². The lowest BCUT2D eigenvalue weighted by atomic mass is 9.92. The smallest absolute Gasteiger partial charge is 0.346 e. The molecular weight excluding hydrogens is 755 g/mol. The van der Waals surface area contributed by atoms with Crippen molar-refractivity contribution < 1.29 is 14.6 Å². The second-order valence-corrected chi connectivity index (χ2v) is 15.7. The highest BCUT2D eigenvalue weighted by molar-refractivity contribution is 7.23. The van der Waals surface area contributed by atoms with Crippen LogP contribution in [0.5, 0.6) is 5.75 Å². The number of thiophene rings is 2. The fourth-order valence-electron chi connectivity index (χ4n) is 6.62. The lowest BCUT2D eigenvalue weighted by molar-refractivity contribution is -0.132. The second kappa shape index (κ2) is 17.7. The molecule has 0 aliphatic heterocycles. The van der Waals surface area contributed by atoms with Crippen molar-refractivity contribution >= 4 is 75.1 Å². The standard InChI is InChI=1S/C50H37N3O3S2/c1-33-9-23-45(34(2)27-33)46(37-7-5-4-6-8-37)29-36-12-16-41(17-13-36)53(42-18-20-43(56-3)21-19-42)40-14-10-35(11-15-40)28-38(31-51)47-25-26-49(58-47)48-24-22-44(57-48)30-39(32-52)50(54)55/h4-30H,1-3H3,(H,54,55)/b38-28+,39-30-,46-29-. The van der Waals surface area contributed by atoms with Gasteiger partial charge in [-0.2, -0.15) is 10.5 Å². The van der Waals surface area contributed by atoms with Crippen LogP contribution in [0.2, 0.25) is 0 Å². The maximum Gasteiger partial charge on any atom is 0.346 e. The molecule has 0 aliphatic rings. The van der Waals surface area contributed by atoms with Crippen molar-refractivity contribution in [1.82, 2.24) is 0 Å². The topological polar surface area (TPSA) is 97.4 Å². The molecule has 0 amide bonds. The maximum atomic E-state index is 11.3. The van der Waals surface area contributed by atoms with Gasteiger partial charge in [0.15, 0.2) is 0 Å². The van der Waals surface area contributed by atoms with Crippen LogP contribution in [0.25, 0.3) is 39.1 Å². The van der Waals surface area contributed by atoms with E-state index < -0.39 is 5.97 Å². The Hall–Kier alpha value is -7.23. The number of carbonyl (C=O) groups is 1. The molecule has 0 saturated heterocycles. The van der Waals surface area contributed by atoms with Crippen LogP contribution < -0.4 is 9.64 Å². The molecule has 8 heteroatoms. The highest BCUT2D eigenvalue weighted by atomic mass is 32.1. The summed E-state index contributed by atoms with van der Waals surface area (Å²) in [6.45, 7) is 4.28. The summed E-state index contributed by atoms with van der Waals surface area (Å²) >= 11 is 2.88. The number of carboxylic acids is 1. The Morgan fingerprint density at radius 2 is 1.28 bits per heavy atom. The van der Waals surface area contributed by atoms with Gasteiger partial charge in [0.2, 0.25) is 0 Å². The lowest BCUT2D eigenvalue weighted by Gasteiger charge is -2.26. The van der Waals surface area contributed by atoms with Crippen LogP contribution in [-0.4, -0.2) is 18.2 Å². The predicted octanol–water partition coefficient (Wildman–Crippen LogP) is 13.2. The third-order valence-corrected chi connectivity index (χ3v) is 11.9. The van der Waals surface area contributed by atoms with Crippen LogP contribution >= 0.6 is 22.7 Å². The summed E-state index contributed by atoms with van der Waals surface area (Å²) in [5.41, 5.74) is 11.1. The average molecular weight is 792 g/mol. The molecule has 0 spiro atoms. The van der Waals surface area contributed by atoms with Gasteiger partial charge in [0.25, 0.3) is 0 Å². The van der Waals surface area contributed by atoms with Crippen LogP contribution in [0.15, 0.2) is 151 Å². The summed E-state index contributed by atoms with van der Waals surface area (Å²) in [6.07, 6.45) is 5.50. The molecule has 1 N–H and O–H groups in total. The third-order valence-electron chi connectivity index (χ3n) is 9.51. The van der Waals surface area contributed by atoms with Gasteiger partial charge in [0.05, 0.1) is 12.7 Å². The van der Waals surface area contributed by atoms with Gasteiger partial charge in [-0.3, -0.25) is 0 Å². The molecule has 0 fully saturated rings. The zero-order valence-electron chi connectivity index (χ0n) is 32.0. The zero-order chi connectivity index (χ0) is 40.6. The lowest BCUT2D eigenvalue weighted by Crippen LogP contribution is -2.09. The Bertz CT molecular complexity index is 2760. The molecule has 0 atom stereocenters. The maximum absolute atomic E-state index is 11.3. The van der Waals surface area contributed by atoms with Crippen LogP contribution in [0, 0.1) is 36.5 Å². The summed E-state index contributed by atoms with van der Waals surface area (Å²) in [5, 5.41) is 28.5. The zero-order valence-corrected chi connectivity index (χ0v) is 33.6. The number of nitrogens with zero attached hydrogens (tertiary/aromatic N) is 3. The van der Waals surface area contributed by atoms with Gasteiger partial charge in [0, 0.05) is 36.6 Å². The molecule has 0 aliphatic carbocycles. The van der Waals surface area contributed by atoms with Gasteiger partial charge in [-0.15, -0.1) is 22.7 Å². The van der Waals surface area contributed by atoms with Crippen LogP contribution in [0.3, 0.4) is 0 Å². The molecule has 2 aromatic heterocycles. The van der Waals surface area contributed by atoms with Crippen LogP contribution in [0.4, 0.5) is 17.1 Å². The number of ether oxygens (including phenoxy) is 1. The van der Waals surface area contributed by atoms with Gasteiger partial charge >= 0.3 is 5.97 Å². The first kappa shape index (κ1) is 39.0. The van der Waals surface area contributed by atoms with Crippen molar-refractivity contribution in [3.63, 3.8) is 0 Å². The summed E-state index contributed by atoms with van der Waals surface area (Å²) < 4.78 is 5.47. The Morgan fingerprint density at radius 1 is 0.672 bits per heavy atom. The van der Waals surface area contributed by atoms with Crippen molar-refractivity contribution in [2.75, 3.05) is 12.0 Å². The van der Waals surface area contributed by atoms with Crippen molar-refractivity contribution in [2.24, 2.45) is 0 Å². The fourth-order valence-corrected chi connectivity index (χ4v) is 8.64. The Labute approximate surface area is 346 Å². The van der Waals surface area contributed by atoms with E-state index in [2.05, 4.69) is 110 Å². The number of hydrogen-bond acceptors (Lipinski definition) is 7. The minimum absolute atomic E-state index is 0.319. The number of allylic oxidation sites excluding steroid dienone is 1. The third kappa shape index (κ3) is 8.91. The van der Waals surface area contributed by atoms with E-state index in [-0.39, 0.29) is 5.57 Å². The minimum atomic E-state index is -1.26. The van der Waals surface area contributed by atoms with Crippen molar-refractivity contribution in [3.05, 3.63) is 194 Å². The van der Waals surface area contributed by atoms with E-state index in [1.165, 1.54) is 45.4 Å². The first-order chi connectivity index (χ1) is 28.2. The molecule has 282 valence electrons. The monoisotopic (exact) mass is 791 g/mol. The van der Waals surface area contributed by atoms with E-state index in [0.29, 0.717) is 10.5 Å². The summed E-state index contributed by atoms with van der Waals surface area (Å²) in [4.78, 5) is 16.8. The summed E-state index contributed by atoms with van der Waals surface area (Å²) in [5.74, 6) is -0.488. The SMILES string of the molecule is COc1ccc(N(c2ccc(/C=C(/c3ccccc3)c3ccc(C)cc3C)cc2)c2ccc(/C=C(\C#N)c3ccc(-c4ccc(/C=C(/C#N)C(=O)O)s4)s3)cc2)cc1. The molecule has 5 aromatic carbocycles. The number of anilines is 3. The van der Waals surface area contributed by atoms with Gasteiger partial charge in [-0.05, 0) is 138 Å². The normalized spacial score (nSPS) is 11.8. The summed E-state index contributed by atoms with van der Waals surface area (Å²) in [6, 6.07) is 53.4. The van der Waals surface area contributed by atoms with Crippen molar-refractivity contribution in [2.45, 2.75) is 13.8 Å². The van der Waals surface area contributed by atoms with E-state index in [4.69, 9.17) is 10.00 Å². The quantitative estimate of drug-likeness (QED) is 0.0752. The van der Waals surface area contributed by atoms with Gasteiger partial charge < -0.3 is 14.7 Å². The van der Waals surface area contributed by atoms with Crippen molar-refractivity contribution in [1.29, 1.82) is 10.5 Å². The number of rotatable bonds is 12. The number of nitriles is 2. The molecule has 0 bridgehead atoms.